The normalized spacial score (nSPS) is 11.8. The van der Waals surface area contributed by atoms with Crippen LogP contribution in [0.25, 0.3) is 17.2 Å². The third-order valence-electron chi connectivity index (χ3n) is 4.93. The molecule has 0 aliphatic carbocycles. The van der Waals surface area contributed by atoms with E-state index in [1.807, 2.05) is 42.5 Å². The summed E-state index contributed by atoms with van der Waals surface area (Å²) in [5, 5.41) is 0. The summed E-state index contributed by atoms with van der Waals surface area (Å²) in [5.41, 5.74) is 3.63. The van der Waals surface area contributed by atoms with Crippen molar-refractivity contribution in [2.24, 2.45) is 0 Å². The third-order valence-corrected chi connectivity index (χ3v) is 6.99. The maximum absolute atomic E-state index is 12.5. The smallest absolute Gasteiger partial charge is 0.243 e. The molecule has 4 nitrogen and oxygen atoms in total. The molecule has 154 valence electrons. The molecule has 3 rings (SSSR count). The van der Waals surface area contributed by atoms with Crippen LogP contribution >= 0.6 is 0 Å². The Balaban J connectivity index is 1.71. The van der Waals surface area contributed by atoms with Crippen molar-refractivity contribution in [2.45, 2.75) is 18.7 Å². The van der Waals surface area contributed by atoms with Gasteiger partial charge in [-0.1, -0.05) is 74.5 Å². The molecule has 0 bridgehead atoms. The van der Waals surface area contributed by atoms with Crippen LogP contribution in [0, 0.1) is 0 Å². The van der Waals surface area contributed by atoms with Crippen LogP contribution < -0.4 is 0 Å². The Kier molecular flexibility index (Phi) is 6.98. The molecule has 0 aliphatic rings. The first-order valence-electron chi connectivity index (χ1n) is 9.93. The van der Waals surface area contributed by atoms with E-state index in [-0.39, 0.29) is 10.7 Å². The molecule has 0 aliphatic heterocycles. The van der Waals surface area contributed by atoms with Gasteiger partial charge in [-0.05, 0) is 47.0 Å². The van der Waals surface area contributed by atoms with Gasteiger partial charge < -0.3 is 0 Å². The van der Waals surface area contributed by atoms with Gasteiger partial charge in [-0.2, -0.15) is 4.31 Å². The van der Waals surface area contributed by atoms with Crippen molar-refractivity contribution in [1.29, 1.82) is 0 Å². The lowest BCUT2D eigenvalue weighted by atomic mass is 10.0. The number of allylic oxidation sites excluding steroid dienone is 1. The average Bonchev–Trinajstić information content (AvgIpc) is 2.79. The van der Waals surface area contributed by atoms with Crippen LogP contribution in [0.5, 0.6) is 0 Å². The zero-order valence-corrected chi connectivity index (χ0v) is 18.0. The highest BCUT2D eigenvalue weighted by Gasteiger charge is 2.21. The molecule has 0 heterocycles. The fourth-order valence-electron chi connectivity index (χ4n) is 3.19. The lowest BCUT2D eigenvalue weighted by Crippen LogP contribution is -2.30. The van der Waals surface area contributed by atoms with Crippen molar-refractivity contribution >= 4 is 21.9 Å². The van der Waals surface area contributed by atoms with Crippen LogP contribution in [-0.4, -0.2) is 31.6 Å². The number of rotatable bonds is 8. The molecular weight excluding hydrogens is 394 g/mol. The highest BCUT2D eigenvalue weighted by molar-refractivity contribution is 7.89. The number of nitrogens with zero attached hydrogens (tertiary/aromatic N) is 1. The van der Waals surface area contributed by atoms with E-state index in [1.165, 1.54) is 22.5 Å². The highest BCUT2D eigenvalue weighted by atomic mass is 32.2. The fraction of sp³-hybridized carbons (Fsp3) is 0.160. The standard InChI is InChI=1S/C25H25NO3S/c1-3-26(4-2)30(28,29)24-17-15-23(16-18-24)25(27)19-12-20-10-13-22(14-11-20)21-8-6-5-7-9-21/h5-19H,3-4H2,1-2H3. The predicted molar refractivity (Wildman–Crippen MR) is 122 cm³/mol. The molecule has 0 fully saturated rings. The maximum atomic E-state index is 12.5. The topological polar surface area (TPSA) is 54.5 Å². The Morgan fingerprint density at radius 1 is 0.800 bits per heavy atom. The lowest BCUT2D eigenvalue weighted by Gasteiger charge is -2.18. The van der Waals surface area contributed by atoms with Gasteiger partial charge in [-0.15, -0.1) is 0 Å². The molecule has 0 saturated carbocycles. The molecule has 0 aromatic heterocycles. The number of hydrogen-bond acceptors (Lipinski definition) is 3. The Hall–Kier alpha value is -3.02. The Morgan fingerprint density at radius 2 is 1.37 bits per heavy atom. The van der Waals surface area contributed by atoms with Crippen molar-refractivity contribution in [3.63, 3.8) is 0 Å². The van der Waals surface area contributed by atoms with Gasteiger partial charge in [-0.3, -0.25) is 4.79 Å². The predicted octanol–water partition coefficient (Wildman–Crippen LogP) is 5.28. The second kappa shape index (κ2) is 9.65. The van der Waals surface area contributed by atoms with Crippen molar-refractivity contribution < 1.29 is 13.2 Å². The second-order valence-electron chi connectivity index (χ2n) is 6.80. The third kappa shape index (κ3) is 4.93. The summed E-state index contributed by atoms with van der Waals surface area (Å²) in [4.78, 5) is 12.7. The van der Waals surface area contributed by atoms with Crippen LogP contribution in [0.3, 0.4) is 0 Å². The van der Waals surface area contributed by atoms with Crippen LogP contribution in [0.2, 0.25) is 0 Å². The van der Waals surface area contributed by atoms with Crippen molar-refractivity contribution in [3.05, 3.63) is 96.1 Å². The molecule has 5 heteroatoms. The summed E-state index contributed by atoms with van der Waals surface area (Å²) in [5.74, 6) is -0.172. The Labute approximate surface area is 178 Å². The number of ketones is 1. The van der Waals surface area contributed by atoms with E-state index in [2.05, 4.69) is 12.1 Å². The minimum atomic E-state index is -3.52. The van der Waals surface area contributed by atoms with E-state index in [0.29, 0.717) is 18.7 Å². The molecule has 0 spiro atoms. The number of benzene rings is 3. The second-order valence-corrected chi connectivity index (χ2v) is 8.74. The van der Waals surface area contributed by atoms with Crippen LogP contribution in [0.15, 0.2) is 89.8 Å². The molecule has 0 saturated heterocycles. The van der Waals surface area contributed by atoms with Crippen molar-refractivity contribution in [3.8, 4) is 11.1 Å². The van der Waals surface area contributed by atoms with E-state index in [1.54, 1.807) is 32.1 Å². The monoisotopic (exact) mass is 419 g/mol. The van der Waals surface area contributed by atoms with E-state index < -0.39 is 10.0 Å². The van der Waals surface area contributed by atoms with E-state index in [4.69, 9.17) is 0 Å². The van der Waals surface area contributed by atoms with Crippen LogP contribution in [0.4, 0.5) is 0 Å². The van der Waals surface area contributed by atoms with Gasteiger partial charge in [0.2, 0.25) is 10.0 Å². The Bertz CT molecular complexity index is 1110. The summed E-state index contributed by atoms with van der Waals surface area (Å²) in [7, 11) is -3.52. The van der Waals surface area contributed by atoms with Gasteiger partial charge >= 0.3 is 0 Å². The number of hydrogen-bond donors (Lipinski definition) is 0. The molecule has 3 aromatic rings. The quantitative estimate of drug-likeness (QED) is 0.369. The highest BCUT2D eigenvalue weighted by Crippen LogP contribution is 2.20. The van der Waals surface area contributed by atoms with E-state index in [9.17, 15) is 13.2 Å². The first-order valence-corrected chi connectivity index (χ1v) is 11.4. The summed E-state index contributed by atoms with van der Waals surface area (Å²) in [6, 6.07) is 24.2. The van der Waals surface area contributed by atoms with Gasteiger partial charge in [-0.25, -0.2) is 8.42 Å². The molecule has 0 amide bonds. The first kappa shape index (κ1) is 21.7. The van der Waals surface area contributed by atoms with Gasteiger partial charge in [0.25, 0.3) is 0 Å². The van der Waals surface area contributed by atoms with Gasteiger partial charge in [0.1, 0.15) is 0 Å². The molecule has 0 unspecified atom stereocenters. The van der Waals surface area contributed by atoms with Crippen LogP contribution in [0.1, 0.15) is 29.8 Å². The zero-order chi connectivity index (χ0) is 21.6. The summed E-state index contributed by atoms with van der Waals surface area (Å²) in [6.45, 7) is 4.42. The molecule has 30 heavy (non-hydrogen) atoms. The van der Waals surface area contributed by atoms with Crippen LogP contribution in [-0.2, 0) is 10.0 Å². The van der Waals surface area contributed by atoms with Gasteiger partial charge in [0, 0.05) is 18.7 Å². The first-order chi connectivity index (χ1) is 14.5. The van der Waals surface area contributed by atoms with Crippen molar-refractivity contribution in [1.82, 2.24) is 4.31 Å². The summed E-state index contributed by atoms with van der Waals surface area (Å²) < 4.78 is 26.5. The zero-order valence-electron chi connectivity index (χ0n) is 17.2. The van der Waals surface area contributed by atoms with Gasteiger partial charge in [0.15, 0.2) is 5.78 Å². The average molecular weight is 420 g/mol. The summed E-state index contributed by atoms with van der Waals surface area (Å²) in [6.07, 6.45) is 3.27. The minimum absolute atomic E-state index is 0.172. The SMILES string of the molecule is CCN(CC)S(=O)(=O)c1ccc(C(=O)C=Cc2ccc(-c3ccccc3)cc2)cc1. The molecule has 0 radical (unpaired) electrons. The fourth-order valence-corrected chi connectivity index (χ4v) is 4.65. The lowest BCUT2D eigenvalue weighted by molar-refractivity contribution is 0.104. The van der Waals surface area contributed by atoms with Gasteiger partial charge in [0.05, 0.1) is 4.90 Å². The van der Waals surface area contributed by atoms with Crippen molar-refractivity contribution in [2.75, 3.05) is 13.1 Å². The number of carbonyl (C=O) groups excluding carboxylic acids is 1. The maximum Gasteiger partial charge on any atom is 0.243 e. The number of sulfonamides is 1. The van der Waals surface area contributed by atoms with E-state index in [0.717, 1.165) is 16.7 Å². The molecule has 0 atom stereocenters. The minimum Gasteiger partial charge on any atom is -0.289 e. The molecular formula is C25H25NO3S. The summed E-state index contributed by atoms with van der Waals surface area (Å²) >= 11 is 0. The molecule has 3 aromatic carbocycles. The molecule has 0 N–H and O–H groups in total. The largest absolute Gasteiger partial charge is 0.289 e. The Morgan fingerprint density at radius 3 is 1.93 bits per heavy atom. The van der Waals surface area contributed by atoms with E-state index >= 15 is 0 Å². The number of carbonyl (C=O) groups is 1.